The Morgan fingerprint density at radius 1 is 1.43 bits per heavy atom. The van der Waals surface area contributed by atoms with Gasteiger partial charge in [0.25, 0.3) is 0 Å². The first kappa shape index (κ1) is 9.97. The lowest BCUT2D eigenvalue weighted by Gasteiger charge is -2.10. The summed E-state index contributed by atoms with van der Waals surface area (Å²) in [6.45, 7) is 1.87. The number of fused-ring (bicyclic) bond motifs is 1. The van der Waals surface area contributed by atoms with Crippen LogP contribution in [0.5, 0.6) is 0 Å². The largest absolute Gasteiger partial charge is 0.394 e. The minimum absolute atomic E-state index is 0.0355. The highest BCUT2D eigenvalue weighted by Crippen LogP contribution is 2.55. The van der Waals surface area contributed by atoms with Crippen LogP contribution in [0.25, 0.3) is 0 Å². The van der Waals surface area contributed by atoms with Crippen molar-refractivity contribution in [2.45, 2.75) is 38.6 Å². The van der Waals surface area contributed by atoms with E-state index in [9.17, 15) is 4.79 Å². The standard InChI is InChI=1S/C11H19NO2/c1-7(6-13)12-11(14)10-8-4-2-3-5-9(8)10/h7-10,13H,2-6H2,1H3,(H,12,14). The maximum Gasteiger partial charge on any atom is 0.223 e. The lowest BCUT2D eigenvalue weighted by Crippen LogP contribution is -2.36. The van der Waals surface area contributed by atoms with Crippen LogP contribution in [0.2, 0.25) is 0 Å². The minimum Gasteiger partial charge on any atom is -0.394 e. The molecule has 0 radical (unpaired) electrons. The predicted octanol–water partition coefficient (Wildman–Crippen LogP) is 0.920. The molecular weight excluding hydrogens is 178 g/mol. The van der Waals surface area contributed by atoms with Crippen LogP contribution in [0, 0.1) is 17.8 Å². The van der Waals surface area contributed by atoms with Crippen LogP contribution >= 0.6 is 0 Å². The molecule has 2 N–H and O–H groups in total. The third-order valence-electron chi connectivity index (χ3n) is 3.62. The molecule has 3 atom stereocenters. The van der Waals surface area contributed by atoms with Gasteiger partial charge in [0, 0.05) is 12.0 Å². The third kappa shape index (κ3) is 1.78. The van der Waals surface area contributed by atoms with Gasteiger partial charge in [0.05, 0.1) is 6.61 Å². The quantitative estimate of drug-likeness (QED) is 0.707. The van der Waals surface area contributed by atoms with Gasteiger partial charge in [0.1, 0.15) is 0 Å². The Bertz CT molecular complexity index is 217. The first-order chi connectivity index (χ1) is 6.74. The van der Waals surface area contributed by atoms with Crippen molar-refractivity contribution >= 4 is 5.91 Å². The Kier molecular flexibility index (Phi) is 2.77. The van der Waals surface area contributed by atoms with Gasteiger partial charge in [-0.15, -0.1) is 0 Å². The molecule has 1 amide bonds. The van der Waals surface area contributed by atoms with Crippen LogP contribution in [-0.4, -0.2) is 23.7 Å². The molecule has 0 aliphatic heterocycles. The van der Waals surface area contributed by atoms with Crippen molar-refractivity contribution in [1.82, 2.24) is 5.32 Å². The van der Waals surface area contributed by atoms with E-state index < -0.39 is 0 Å². The molecular formula is C11H19NO2. The van der Waals surface area contributed by atoms with E-state index in [1.165, 1.54) is 25.7 Å². The highest BCUT2D eigenvalue weighted by molar-refractivity contribution is 5.82. The van der Waals surface area contributed by atoms with Gasteiger partial charge >= 0.3 is 0 Å². The Morgan fingerprint density at radius 2 is 2.00 bits per heavy atom. The average Bonchev–Trinajstić information content (AvgIpc) is 2.91. The number of nitrogens with one attached hydrogen (secondary N) is 1. The van der Waals surface area contributed by atoms with Crippen LogP contribution in [0.3, 0.4) is 0 Å². The van der Waals surface area contributed by atoms with E-state index in [0.29, 0.717) is 11.8 Å². The fourth-order valence-electron chi connectivity index (χ4n) is 2.77. The molecule has 3 heteroatoms. The van der Waals surface area contributed by atoms with Crippen molar-refractivity contribution in [2.75, 3.05) is 6.61 Å². The zero-order valence-corrected chi connectivity index (χ0v) is 8.70. The molecule has 2 aliphatic carbocycles. The van der Waals surface area contributed by atoms with E-state index in [-0.39, 0.29) is 24.5 Å². The molecule has 3 unspecified atom stereocenters. The first-order valence-corrected chi connectivity index (χ1v) is 5.65. The van der Waals surface area contributed by atoms with Gasteiger partial charge in [0.15, 0.2) is 0 Å². The smallest absolute Gasteiger partial charge is 0.223 e. The second-order valence-electron chi connectivity index (χ2n) is 4.73. The Balaban J connectivity index is 1.82. The fraction of sp³-hybridized carbons (Fsp3) is 0.909. The monoisotopic (exact) mass is 197 g/mol. The van der Waals surface area contributed by atoms with Crippen LogP contribution in [0.1, 0.15) is 32.6 Å². The molecule has 2 fully saturated rings. The van der Waals surface area contributed by atoms with Crippen molar-refractivity contribution in [3.63, 3.8) is 0 Å². The second-order valence-corrected chi connectivity index (χ2v) is 4.73. The zero-order chi connectivity index (χ0) is 10.1. The molecule has 2 rings (SSSR count). The summed E-state index contributed by atoms with van der Waals surface area (Å²) in [5.74, 6) is 1.76. The summed E-state index contributed by atoms with van der Waals surface area (Å²) in [6.07, 6.45) is 5.05. The number of hydrogen-bond acceptors (Lipinski definition) is 2. The molecule has 0 aromatic rings. The van der Waals surface area contributed by atoms with E-state index in [4.69, 9.17) is 5.11 Å². The van der Waals surface area contributed by atoms with E-state index in [0.717, 1.165) is 0 Å². The van der Waals surface area contributed by atoms with Crippen LogP contribution in [0.15, 0.2) is 0 Å². The van der Waals surface area contributed by atoms with E-state index in [1.54, 1.807) is 0 Å². The zero-order valence-electron chi connectivity index (χ0n) is 8.70. The molecule has 0 saturated heterocycles. The van der Waals surface area contributed by atoms with Crippen molar-refractivity contribution in [2.24, 2.45) is 17.8 Å². The molecule has 0 spiro atoms. The summed E-state index contributed by atoms with van der Waals surface area (Å²) in [4.78, 5) is 11.7. The summed E-state index contributed by atoms with van der Waals surface area (Å²) >= 11 is 0. The third-order valence-corrected chi connectivity index (χ3v) is 3.62. The maximum absolute atomic E-state index is 11.7. The Hall–Kier alpha value is -0.570. The highest BCUT2D eigenvalue weighted by atomic mass is 16.3. The molecule has 2 saturated carbocycles. The summed E-state index contributed by atoms with van der Waals surface area (Å²) in [5, 5.41) is 11.7. The lowest BCUT2D eigenvalue weighted by atomic mass is 10.0. The van der Waals surface area contributed by atoms with Crippen molar-refractivity contribution < 1.29 is 9.90 Å². The topological polar surface area (TPSA) is 49.3 Å². The molecule has 0 heterocycles. The van der Waals surface area contributed by atoms with Gasteiger partial charge < -0.3 is 10.4 Å². The van der Waals surface area contributed by atoms with Gasteiger partial charge in [-0.25, -0.2) is 0 Å². The Morgan fingerprint density at radius 3 is 2.50 bits per heavy atom. The fourth-order valence-corrected chi connectivity index (χ4v) is 2.77. The summed E-state index contributed by atoms with van der Waals surface area (Å²) < 4.78 is 0. The summed E-state index contributed by atoms with van der Waals surface area (Å²) in [6, 6.07) is -0.0925. The maximum atomic E-state index is 11.7. The summed E-state index contributed by atoms with van der Waals surface area (Å²) in [5.41, 5.74) is 0. The van der Waals surface area contributed by atoms with Crippen molar-refractivity contribution in [1.29, 1.82) is 0 Å². The van der Waals surface area contributed by atoms with E-state index in [1.807, 2.05) is 6.92 Å². The number of hydrogen-bond donors (Lipinski definition) is 2. The van der Waals surface area contributed by atoms with E-state index in [2.05, 4.69) is 5.32 Å². The van der Waals surface area contributed by atoms with Crippen molar-refractivity contribution in [3.8, 4) is 0 Å². The number of aliphatic hydroxyl groups is 1. The molecule has 0 aromatic carbocycles. The second kappa shape index (κ2) is 3.89. The molecule has 3 nitrogen and oxygen atoms in total. The number of carbonyl (C=O) groups is 1. The van der Waals surface area contributed by atoms with E-state index >= 15 is 0 Å². The summed E-state index contributed by atoms with van der Waals surface area (Å²) in [7, 11) is 0. The molecule has 0 bridgehead atoms. The SMILES string of the molecule is CC(CO)NC(=O)C1C2CCCCC21. The van der Waals surface area contributed by atoms with Gasteiger partial charge in [-0.05, 0) is 31.6 Å². The van der Waals surface area contributed by atoms with Gasteiger partial charge in [-0.1, -0.05) is 12.8 Å². The lowest BCUT2D eigenvalue weighted by molar-refractivity contribution is -0.123. The molecule has 0 aromatic heterocycles. The van der Waals surface area contributed by atoms with Gasteiger partial charge in [0.2, 0.25) is 5.91 Å². The molecule has 80 valence electrons. The number of carbonyl (C=O) groups excluding carboxylic acids is 1. The van der Waals surface area contributed by atoms with Crippen LogP contribution in [-0.2, 0) is 4.79 Å². The van der Waals surface area contributed by atoms with Gasteiger partial charge in [-0.3, -0.25) is 4.79 Å². The Labute approximate surface area is 84.9 Å². The highest BCUT2D eigenvalue weighted by Gasteiger charge is 2.54. The first-order valence-electron chi connectivity index (χ1n) is 5.65. The molecule has 2 aliphatic rings. The normalized spacial score (nSPS) is 37.1. The number of rotatable bonds is 3. The number of amides is 1. The minimum atomic E-state index is -0.0925. The number of aliphatic hydroxyl groups excluding tert-OH is 1. The van der Waals surface area contributed by atoms with Crippen LogP contribution < -0.4 is 5.32 Å². The van der Waals surface area contributed by atoms with Gasteiger partial charge in [-0.2, -0.15) is 0 Å². The van der Waals surface area contributed by atoms with Crippen molar-refractivity contribution in [3.05, 3.63) is 0 Å². The van der Waals surface area contributed by atoms with Crippen LogP contribution in [0.4, 0.5) is 0 Å². The average molecular weight is 197 g/mol. The molecule has 14 heavy (non-hydrogen) atoms. The predicted molar refractivity (Wildman–Crippen MR) is 53.6 cm³/mol.